The molecule has 5 heteroatoms. The molecule has 2 N–H and O–H groups in total. The van der Waals surface area contributed by atoms with Gasteiger partial charge in [0.25, 0.3) is 0 Å². The highest BCUT2D eigenvalue weighted by Crippen LogP contribution is 2.16. The molecule has 0 aliphatic rings. The van der Waals surface area contributed by atoms with E-state index in [1.54, 1.807) is 6.07 Å². The van der Waals surface area contributed by atoms with Crippen molar-refractivity contribution in [1.29, 1.82) is 0 Å². The summed E-state index contributed by atoms with van der Waals surface area (Å²) in [5.41, 5.74) is 0. The number of likely N-dealkylation sites (N-methyl/N-ethyl adjacent to an activating group) is 1. The van der Waals surface area contributed by atoms with Crippen molar-refractivity contribution < 1.29 is 14.3 Å². The quantitative estimate of drug-likeness (QED) is 0.728. The molecule has 1 rings (SSSR count). The van der Waals surface area contributed by atoms with Crippen molar-refractivity contribution in [3.8, 4) is 0 Å². The van der Waals surface area contributed by atoms with Crippen molar-refractivity contribution in [3.63, 3.8) is 0 Å². The Balaban J connectivity index is 2.49. The van der Waals surface area contributed by atoms with E-state index in [1.165, 1.54) is 6.07 Å². The maximum absolute atomic E-state index is 10.7. The number of carbonyl (C=O) groups is 1. The summed E-state index contributed by atoms with van der Waals surface area (Å²) < 4.78 is 5.22. The summed E-state index contributed by atoms with van der Waals surface area (Å²) in [4.78, 5) is 13.0. The van der Waals surface area contributed by atoms with Crippen molar-refractivity contribution in [1.82, 2.24) is 10.2 Å². The first-order chi connectivity index (χ1) is 9.49. The predicted molar refractivity (Wildman–Crippen MR) is 78.9 cm³/mol. The lowest BCUT2D eigenvalue weighted by Crippen LogP contribution is -2.42. The van der Waals surface area contributed by atoms with Gasteiger partial charge >= 0.3 is 5.97 Å². The standard InChI is InChI=1S/C15H26N2O3/c1-5-11(6-2)13(17(3)4)10-16-9-12-7-8-14(20-12)15(18)19/h7-8,11,13,16H,5-6,9-10H2,1-4H3,(H,18,19). The van der Waals surface area contributed by atoms with Crippen LogP contribution in [0.3, 0.4) is 0 Å². The zero-order valence-corrected chi connectivity index (χ0v) is 12.8. The van der Waals surface area contributed by atoms with Crippen LogP contribution in [0.25, 0.3) is 0 Å². The number of nitrogens with zero attached hydrogens (tertiary/aromatic N) is 1. The Morgan fingerprint density at radius 2 is 2.00 bits per heavy atom. The molecule has 0 aromatic carbocycles. The summed E-state index contributed by atoms with van der Waals surface area (Å²) in [7, 11) is 4.19. The Bertz CT molecular complexity index is 411. The number of aromatic carboxylic acids is 1. The van der Waals surface area contributed by atoms with Gasteiger partial charge in [0, 0.05) is 12.6 Å². The molecular weight excluding hydrogens is 256 g/mol. The Hall–Kier alpha value is -1.33. The van der Waals surface area contributed by atoms with Gasteiger partial charge in [-0.05, 0) is 32.1 Å². The number of hydrogen-bond acceptors (Lipinski definition) is 4. The predicted octanol–water partition coefficient (Wildman–Crippen LogP) is 2.43. The van der Waals surface area contributed by atoms with Crippen molar-refractivity contribution in [2.24, 2.45) is 5.92 Å². The van der Waals surface area contributed by atoms with Gasteiger partial charge in [0.15, 0.2) is 0 Å². The molecule has 0 aliphatic carbocycles. The van der Waals surface area contributed by atoms with Crippen LogP contribution >= 0.6 is 0 Å². The van der Waals surface area contributed by atoms with Crippen LogP contribution in [0.15, 0.2) is 16.5 Å². The highest BCUT2D eigenvalue weighted by molar-refractivity contribution is 5.84. The lowest BCUT2D eigenvalue weighted by molar-refractivity contribution is 0.0660. The third-order valence-electron chi connectivity index (χ3n) is 3.78. The van der Waals surface area contributed by atoms with Crippen molar-refractivity contribution in [2.45, 2.75) is 39.3 Å². The summed E-state index contributed by atoms with van der Waals surface area (Å²) in [6.45, 7) is 5.85. The van der Waals surface area contributed by atoms with E-state index in [4.69, 9.17) is 9.52 Å². The smallest absolute Gasteiger partial charge is 0.371 e. The molecule has 1 aromatic heterocycles. The van der Waals surface area contributed by atoms with E-state index >= 15 is 0 Å². The van der Waals surface area contributed by atoms with Gasteiger partial charge in [-0.15, -0.1) is 0 Å². The van der Waals surface area contributed by atoms with E-state index in [0.29, 0.717) is 24.3 Å². The number of rotatable bonds is 9. The van der Waals surface area contributed by atoms with E-state index < -0.39 is 5.97 Å². The van der Waals surface area contributed by atoms with Crippen molar-refractivity contribution in [3.05, 3.63) is 23.7 Å². The number of hydrogen-bond donors (Lipinski definition) is 2. The zero-order valence-electron chi connectivity index (χ0n) is 12.8. The summed E-state index contributed by atoms with van der Waals surface area (Å²) in [5, 5.41) is 12.2. The van der Waals surface area contributed by atoms with Crippen LogP contribution in [-0.4, -0.2) is 42.7 Å². The second-order valence-corrected chi connectivity index (χ2v) is 5.31. The average molecular weight is 282 g/mol. The van der Waals surface area contributed by atoms with Gasteiger partial charge in [0.05, 0.1) is 6.54 Å². The minimum absolute atomic E-state index is 0.00838. The summed E-state index contributed by atoms with van der Waals surface area (Å²) in [6.07, 6.45) is 2.32. The van der Waals surface area contributed by atoms with E-state index in [9.17, 15) is 4.79 Å². The zero-order chi connectivity index (χ0) is 15.1. The molecule has 1 aromatic rings. The lowest BCUT2D eigenvalue weighted by Gasteiger charge is -2.31. The van der Waals surface area contributed by atoms with Crippen LogP contribution < -0.4 is 5.32 Å². The highest BCUT2D eigenvalue weighted by atomic mass is 16.4. The van der Waals surface area contributed by atoms with Crippen LogP contribution in [-0.2, 0) is 6.54 Å². The molecule has 0 fully saturated rings. The van der Waals surface area contributed by atoms with Crippen LogP contribution in [0.4, 0.5) is 0 Å². The molecule has 0 radical (unpaired) electrons. The minimum atomic E-state index is -1.03. The van der Waals surface area contributed by atoms with Crippen LogP contribution in [0.5, 0.6) is 0 Å². The van der Waals surface area contributed by atoms with Gasteiger partial charge in [0.1, 0.15) is 5.76 Å². The monoisotopic (exact) mass is 282 g/mol. The normalized spacial score (nSPS) is 13.1. The van der Waals surface area contributed by atoms with Gasteiger partial charge in [-0.3, -0.25) is 0 Å². The summed E-state index contributed by atoms with van der Waals surface area (Å²) >= 11 is 0. The first-order valence-corrected chi connectivity index (χ1v) is 7.18. The second-order valence-electron chi connectivity index (χ2n) is 5.31. The summed E-state index contributed by atoms with van der Waals surface area (Å²) in [6, 6.07) is 3.67. The van der Waals surface area contributed by atoms with Gasteiger partial charge in [-0.25, -0.2) is 4.79 Å². The number of carboxylic acid groups (broad SMARTS) is 1. The molecule has 20 heavy (non-hydrogen) atoms. The molecule has 0 aliphatic heterocycles. The SMILES string of the molecule is CCC(CC)C(CNCc1ccc(C(=O)O)o1)N(C)C. The fourth-order valence-electron chi connectivity index (χ4n) is 2.53. The van der Waals surface area contributed by atoms with E-state index in [1.807, 2.05) is 0 Å². The van der Waals surface area contributed by atoms with E-state index in [2.05, 4.69) is 38.2 Å². The van der Waals surface area contributed by atoms with Crippen molar-refractivity contribution >= 4 is 5.97 Å². The molecule has 114 valence electrons. The maximum atomic E-state index is 10.7. The number of furan rings is 1. The third kappa shape index (κ3) is 4.65. The summed E-state index contributed by atoms with van der Waals surface area (Å²) in [5.74, 6) is 0.276. The minimum Gasteiger partial charge on any atom is -0.475 e. The van der Waals surface area contributed by atoms with Gasteiger partial charge in [0.2, 0.25) is 5.76 Å². The molecule has 0 amide bonds. The molecule has 1 heterocycles. The largest absolute Gasteiger partial charge is 0.475 e. The molecule has 5 nitrogen and oxygen atoms in total. The lowest BCUT2D eigenvalue weighted by atomic mass is 9.93. The molecule has 1 unspecified atom stereocenters. The Morgan fingerprint density at radius 3 is 2.45 bits per heavy atom. The molecule has 0 saturated carbocycles. The highest BCUT2D eigenvalue weighted by Gasteiger charge is 2.20. The molecule has 1 atom stereocenters. The topological polar surface area (TPSA) is 65.7 Å². The maximum Gasteiger partial charge on any atom is 0.371 e. The van der Waals surface area contributed by atoms with Crippen LogP contribution in [0, 0.1) is 5.92 Å². The Kier molecular flexibility index (Phi) is 6.75. The van der Waals surface area contributed by atoms with Gasteiger partial charge < -0.3 is 19.7 Å². The molecule has 0 bridgehead atoms. The van der Waals surface area contributed by atoms with Gasteiger partial charge in [-0.1, -0.05) is 26.7 Å². The van der Waals surface area contributed by atoms with E-state index in [0.717, 1.165) is 19.4 Å². The Morgan fingerprint density at radius 1 is 1.35 bits per heavy atom. The fourth-order valence-corrected chi connectivity index (χ4v) is 2.53. The van der Waals surface area contributed by atoms with Crippen molar-refractivity contribution in [2.75, 3.05) is 20.6 Å². The van der Waals surface area contributed by atoms with Crippen LogP contribution in [0.1, 0.15) is 43.0 Å². The van der Waals surface area contributed by atoms with Gasteiger partial charge in [-0.2, -0.15) is 0 Å². The fraction of sp³-hybridized carbons (Fsp3) is 0.667. The number of nitrogens with one attached hydrogen (secondary N) is 1. The van der Waals surface area contributed by atoms with E-state index in [-0.39, 0.29) is 5.76 Å². The first kappa shape index (κ1) is 16.7. The number of carboxylic acids is 1. The second kappa shape index (κ2) is 8.07. The molecule has 0 saturated heterocycles. The average Bonchev–Trinajstić information content (AvgIpc) is 2.87. The molecular formula is C15H26N2O3. The Labute approximate surface area is 121 Å². The molecule has 0 spiro atoms. The first-order valence-electron chi connectivity index (χ1n) is 7.18. The third-order valence-corrected chi connectivity index (χ3v) is 3.78. The van der Waals surface area contributed by atoms with Crippen LogP contribution in [0.2, 0.25) is 0 Å².